The summed E-state index contributed by atoms with van der Waals surface area (Å²) >= 11 is 5.57. The van der Waals surface area contributed by atoms with Crippen molar-refractivity contribution in [3.8, 4) is 6.07 Å². The van der Waals surface area contributed by atoms with Crippen LogP contribution in [-0.2, 0) is 11.0 Å². The molecule has 140 valence electrons. The lowest BCUT2D eigenvalue weighted by Crippen LogP contribution is -2.40. The van der Waals surface area contributed by atoms with Gasteiger partial charge in [0, 0.05) is 24.0 Å². The van der Waals surface area contributed by atoms with Gasteiger partial charge in [0.15, 0.2) is 0 Å². The molecule has 1 amide bonds. The summed E-state index contributed by atoms with van der Waals surface area (Å²) in [4.78, 5) is 14.3. The molecule has 0 aromatic heterocycles. The highest BCUT2D eigenvalue weighted by Crippen LogP contribution is 2.36. The van der Waals surface area contributed by atoms with E-state index in [4.69, 9.17) is 11.6 Å². The smallest absolute Gasteiger partial charge is 0.371 e. The molecule has 2 rings (SSSR count). The molecule has 0 radical (unpaired) electrons. The summed E-state index contributed by atoms with van der Waals surface area (Å²) in [7, 11) is 0. The number of hydrogen-bond donors (Lipinski definition) is 1. The van der Waals surface area contributed by atoms with Crippen molar-refractivity contribution in [2.24, 2.45) is 0 Å². The Hall–Kier alpha value is -2.20. The third-order valence-electron chi connectivity index (χ3n) is 4.43. The van der Waals surface area contributed by atoms with Crippen LogP contribution in [0.15, 0.2) is 30.0 Å². The molecule has 1 fully saturated rings. The number of rotatable bonds is 3. The summed E-state index contributed by atoms with van der Waals surface area (Å²) < 4.78 is 38.8. The lowest BCUT2D eigenvalue weighted by molar-refractivity contribution is -0.137. The van der Waals surface area contributed by atoms with Crippen molar-refractivity contribution in [1.29, 1.82) is 5.26 Å². The van der Waals surface area contributed by atoms with E-state index in [0.29, 0.717) is 0 Å². The quantitative estimate of drug-likeness (QED) is 0.590. The van der Waals surface area contributed by atoms with Crippen LogP contribution >= 0.6 is 11.6 Å². The summed E-state index contributed by atoms with van der Waals surface area (Å²) in [6.07, 6.45) is -0.166. The van der Waals surface area contributed by atoms with E-state index in [-0.39, 0.29) is 23.3 Å². The lowest BCUT2D eigenvalue weighted by atomic mass is 9.98. The van der Waals surface area contributed by atoms with E-state index >= 15 is 0 Å². The van der Waals surface area contributed by atoms with Crippen molar-refractivity contribution in [3.63, 3.8) is 0 Å². The fourth-order valence-corrected chi connectivity index (χ4v) is 3.23. The van der Waals surface area contributed by atoms with Gasteiger partial charge in [0.1, 0.15) is 11.6 Å². The van der Waals surface area contributed by atoms with Crippen LogP contribution < -0.4 is 5.32 Å². The lowest BCUT2D eigenvalue weighted by Gasteiger charge is -2.38. The van der Waals surface area contributed by atoms with E-state index in [1.54, 1.807) is 0 Å². The molecular weight excluding hydrogens is 367 g/mol. The van der Waals surface area contributed by atoms with Gasteiger partial charge in [-0.2, -0.15) is 18.4 Å². The number of nitrogens with zero attached hydrogens (tertiary/aromatic N) is 2. The minimum absolute atomic E-state index is 0.0763. The SMILES string of the molecule is CC1CCCC(C)N1/C=C(/C#N)C(=O)Nc1ccc(Cl)c(C(F)(F)F)c1. The Kier molecular flexibility index (Phi) is 6.19. The molecule has 0 aliphatic carbocycles. The fraction of sp³-hybridized carbons (Fsp3) is 0.444. The number of carbonyl (C=O) groups is 1. The van der Waals surface area contributed by atoms with Gasteiger partial charge in [-0.05, 0) is 51.3 Å². The van der Waals surface area contributed by atoms with Gasteiger partial charge in [0.25, 0.3) is 5.91 Å². The van der Waals surface area contributed by atoms with Crippen molar-refractivity contribution >= 4 is 23.2 Å². The minimum Gasteiger partial charge on any atom is -0.371 e. The standard InChI is InChI=1S/C18H19ClF3N3O/c1-11-4-3-5-12(2)25(11)10-13(9-23)17(26)24-14-6-7-16(19)15(8-14)18(20,21)22/h6-8,10-12H,3-5H2,1-2H3,(H,24,26)/b13-10-. The third-order valence-corrected chi connectivity index (χ3v) is 4.76. The van der Waals surface area contributed by atoms with Crippen LogP contribution in [0.4, 0.5) is 18.9 Å². The number of alkyl halides is 3. The van der Waals surface area contributed by atoms with Crippen LogP contribution in [-0.4, -0.2) is 22.9 Å². The van der Waals surface area contributed by atoms with E-state index in [9.17, 15) is 23.2 Å². The molecule has 1 aromatic carbocycles. The molecule has 0 bridgehead atoms. The van der Waals surface area contributed by atoms with Crippen LogP contribution in [0.2, 0.25) is 5.02 Å². The van der Waals surface area contributed by atoms with Crippen LogP contribution in [0.25, 0.3) is 0 Å². The van der Waals surface area contributed by atoms with Gasteiger partial charge in [0.05, 0.1) is 10.6 Å². The summed E-state index contributed by atoms with van der Waals surface area (Å²) in [5, 5.41) is 11.2. The number of piperidine rings is 1. The minimum atomic E-state index is -4.63. The first-order chi connectivity index (χ1) is 12.1. The zero-order valence-corrected chi connectivity index (χ0v) is 15.2. The van der Waals surface area contributed by atoms with Crippen molar-refractivity contribution in [3.05, 3.63) is 40.6 Å². The van der Waals surface area contributed by atoms with E-state index in [2.05, 4.69) is 5.32 Å². The average molecular weight is 386 g/mol. The second-order valence-corrected chi connectivity index (χ2v) is 6.78. The number of anilines is 1. The second-order valence-electron chi connectivity index (χ2n) is 6.38. The van der Waals surface area contributed by atoms with E-state index < -0.39 is 22.7 Å². The Balaban J connectivity index is 2.22. The van der Waals surface area contributed by atoms with Crippen molar-refractivity contribution in [2.75, 3.05) is 5.32 Å². The molecule has 1 heterocycles. The number of nitriles is 1. The largest absolute Gasteiger partial charge is 0.417 e. The van der Waals surface area contributed by atoms with Gasteiger partial charge >= 0.3 is 6.18 Å². The van der Waals surface area contributed by atoms with Crippen LogP contribution in [0.1, 0.15) is 38.7 Å². The first-order valence-corrected chi connectivity index (χ1v) is 8.58. The van der Waals surface area contributed by atoms with Crippen LogP contribution in [0.3, 0.4) is 0 Å². The van der Waals surface area contributed by atoms with Gasteiger partial charge < -0.3 is 10.2 Å². The van der Waals surface area contributed by atoms with E-state index in [1.807, 2.05) is 24.8 Å². The highest BCUT2D eigenvalue weighted by molar-refractivity contribution is 6.31. The highest BCUT2D eigenvalue weighted by Gasteiger charge is 2.33. The number of benzene rings is 1. The number of hydrogen-bond acceptors (Lipinski definition) is 3. The van der Waals surface area contributed by atoms with Gasteiger partial charge in [-0.3, -0.25) is 4.79 Å². The van der Waals surface area contributed by atoms with Crippen molar-refractivity contribution in [1.82, 2.24) is 4.90 Å². The number of amides is 1. The summed E-state index contributed by atoms with van der Waals surface area (Å²) in [5.41, 5.74) is -1.28. The van der Waals surface area contributed by atoms with Gasteiger partial charge in [-0.15, -0.1) is 0 Å². The van der Waals surface area contributed by atoms with Gasteiger partial charge in [-0.25, -0.2) is 0 Å². The second kappa shape index (κ2) is 8.00. The Morgan fingerprint density at radius 2 is 1.96 bits per heavy atom. The predicted octanol–water partition coefficient (Wildman–Crippen LogP) is 4.97. The van der Waals surface area contributed by atoms with Gasteiger partial charge in [-0.1, -0.05) is 11.6 Å². The number of nitrogens with one attached hydrogen (secondary N) is 1. The maximum atomic E-state index is 12.9. The summed E-state index contributed by atoms with van der Waals surface area (Å²) in [6.45, 7) is 4.02. The molecular formula is C18H19ClF3N3O. The molecule has 1 N–H and O–H groups in total. The normalized spacial score (nSPS) is 21.3. The highest BCUT2D eigenvalue weighted by atomic mass is 35.5. The zero-order chi connectivity index (χ0) is 19.5. The monoisotopic (exact) mass is 385 g/mol. The fourth-order valence-electron chi connectivity index (χ4n) is 3.00. The first-order valence-electron chi connectivity index (χ1n) is 8.21. The summed E-state index contributed by atoms with van der Waals surface area (Å²) in [6, 6.07) is 5.26. The van der Waals surface area contributed by atoms with Crippen LogP contribution in [0.5, 0.6) is 0 Å². The maximum absolute atomic E-state index is 12.9. The molecule has 4 nitrogen and oxygen atoms in total. The molecule has 2 atom stereocenters. The van der Waals surface area contributed by atoms with E-state index in [0.717, 1.165) is 31.4 Å². The zero-order valence-electron chi connectivity index (χ0n) is 14.4. The number of carbonyl (C=O) groups excluding carboxylic acids is 1. The molecule has 2 unspecified atom stereocenters. The molecule has 0 saturated carbocycles. The first kappa shape index (κ1) is 20.1. The third kappa shape index (κ3) is 4.70. The van der Waals surface area contributed by atoms with Gasteiger partial charge in [0.2, 0.25) is 0 Å². The predicted molar refractivity (Wildman–Crippen MR) is 93.4 cm³/mol. The molecule has 8 heteroatoms. The Bertz CT molecular complexity index is 745. The van der Waals surface area contributed by atoms with E-state index in [1.165, 1.54) is 12.3 Å². The molecule has 1 saturated heterocycles. The average Bonchev–Trinajstić information content (AvgIpc) is 2.55. The van der Waals surface area contributed by atoms with Crippen molar-refractivity contribution < 1.29 is 18.0 Å². The molecule has 1 aliphatic rings. The Labute approximate surface area is 155 Å². The molecule has 1 aliphatic heterocycles. The molecule has 1 aromatic rings. The maximum Gasteiger partial charge on any atom is 0.417 e. The topological polar surface area (TPSA) is 56.1 Å². The number of halogens is 4. The Morgan fingerprint density at radius 1 is 1.35 bits per heavy atom. The summed E-state index contributed by atoms with van der Waals surface area (Å²) in [5.74, 6) is -0.757. The molecule has 26 heavy (non-hydrogen) atoms. The van der Waals surface area contributed by atoms with Crippen molar-refractivity contribution in [2.45, 2.75) is 51.4 Å². The Morgan fingerprint density at radius 3 is 2.50 bits per heavy atom. The molecule has 0 spiro atoms. The number of likely N-dealkylation sites (tertiary alicyclic amines) is 1. The van der Waals surface area contributed by atoms with Crippen LogP contribution in [0, 0.1) is 11.3 Å².